The van der Waals surface area contributed by atoms with Crippen LogP contribution in [0.15, 0.2) is 0 Å². The first kappa shape index (κ1) is 32.5. The van der Waals surface area contributed by atoms with Crippen molar-refractivity contribution in [2.45, 2.75) is 111 Å². The van der Waals surface area contributed by atoms with Crippen molar-refractivity contribution in [3.8, 4) is 0 Å². The molecule has 0 spiro atoms. The Morgan fingerprint density at radius 3 is 1.57 bits per heavy atom. The number of carboxylic acids is 1. The number of nitrogens with one attached hydrogen (secondary N) is 2. The normalized spacial score (nSPS) is 11.5. The molecule has 3 N–H and O–H groups in total. The highest BCUT2D eigenvalue weighted by Gasteiger charge is 2.18. The summed E-state index contributed by atoms with van der Waals surface area (Å²) in [5, 5.41) is 14.5. The van der Waals surface area contributed by atoms with Gasteiger partial charge in [0.2, 0.25) is 5.91 Å². The second-order valence-corrected chi connectivity index (χ2v) is 10.6. The fourth-order valence-corrected chi connectivity index (χ4v) is 3.16. The molecule has 0 heterocycles. The number of carboxylic acid groups (broad SMARTS) is 1. The van der Waals surface area contributed by atoms with Gasteiger partial charge in [-0.1, -0.05) is 25.7 Å². The van der Waals surface area contributed by atoms with E-state index in [2.05, 4.69) is 10.6 Å². The third-order valence-corrected chi connectivity index (χ3v) is 4.69. The van der Waals surface area contributed by atoms with E-state index in [0.717, 1.165) is 38.5 Å². The molecule has 0 rings (SSSR count). The first-order valence-electron chi connectivity index (χ1n) is 12.6. The zero-order valence-corrected chi connectivity index (χ0v) is 22.5. The second-order valence-electron chi connectivity index (χ2n) is 10.6. The summed E-state index contributed by atoms with van der Waals surface area (Å²) in [6, 6.07) is 0. The van der Waals surface area contributed by atoms with Crippen molar-refractivity contribution >= 4 is 24.1 Å². The summed E-state index contributed by atoms with van der Waals surface area (Å²) >= 11 is 0. The smallest absolute Gasteiger partial charge is 0.407 e. The number of nitrogens with zero attached hydrogens (tertiary/aromatic N) is 1. The minimum Gasteiger partial charge on any atom is -0.480 e. The predicted molar refractivity (Wildman–Crippen MR) is 134 cm³/mol. The Bertz CT molecular complexity index is 654. The average Bonchev–Trinajstić information content (AvgIpc) is 2.68. The molecule has 0 unspecified atom stereocenters. The molecule has 10 nitrogen and oxygen atoms in total. The molecular weight excluding hydrogens is 454 g/mol. The molecule has 0 atom stereocenters. The van der Waals surface area contributed by atoms with Gasteiger partial charge >= 0.3 is 18.2 Å². The molecule has 0 aromatic carbocycles. The summed E-state index contributed by atoms with van der Waals surface area (Å²) in [7, 11) is 0. The molecule has 0 saturated heterocycles. The quantitative estimate of drug-likeness (QED) is 0.266. The largest absolute Gasteiger partial charge is 0.480 e. The van der Waals surface area contributed by atoms with E-state index >= 15 is 0 Å². The number of carbonyl (C=O) groups is 4. The van der Waals surface area contributed by atoms with Crippen molar-refractivity contribution in [1.29, 1.82) is 0 Å². The first-order valence-corrected chi connectivity index (χ1v) is 12.6. The highest BCUT2D eigenvalue weighted by atomic mass is 16.6. The van der Waals surface area contributed by atoms with Crippen molar-refractivity contribution in [3.63, 3.8) is 0 Å². The van der Waals surface area contributed by atoms with Crippen LogP contribution in [0.5, 0.6) is 0 Å². The lowest BCUT2D eigenvalue weighted by molar-refractivity contribution is -0.144. The predicted octanol–water partition coefficient (Wildman–Crippen LogP) is 4.46. The Morgan fingerprint density at radius 1 is 0.686 bits per heavy atom. The van der Waals surface area contributed by atoms with Crippen molar-refractivity contribution in [3.05, 3.63) is 0 Å². The summed E-state index contributed by atoms with van der Waals surface area (Å²) in [4.78, 5) is 48.2. The first-order chi connectivity index (χ1) is 16.2. The molecule has 0 aromatic heterocycles. The third-order valence-electron chi connectivity index (χ3n) is 4.69. The summed E-state index contributed by atoms with van der Waals surface area (Å²) < 4.78 is 10.3. The Balaban J connectivity index is 3.98. The zero-order chi connectivity index (χ0) is 26.9. The molecule has 0 fully saturated rings. The maximum Gasteiger partial charge on any atom is 0.407 e. The number of unbranched alkanes of at least 4 members (excludes halogenated alkanes) is 6. The van der Waals surface area contributed by atoms with Gasteiger partial charge in [0.15, 0.2) is 0 Å². The van der Waals surface area contributed by atoms with Crippen LogP contribution in [0.4, 0.5) is 9.59 Å². The highest BCUT2D eigenvalue weighted by Crippen LogP contribution is 2.10. The number of ether oxygens (including phenoxy) is 2. The summed E-state index contributed by atoms with van der Waals surface area (Å²) in [5.74, 6) is -1.21. The van der Waals surface area contributed by atoms with Gasteiger partial charge < -0.3 is 30.1 Å². The van der Waals surface area contributed by atoms with Crippen molar-refractivity contribution in [2.75, 3.05) is 26.2 Å². The topological polar surface area (TPSA) is 134 Å². The van der Waals surface area contributed by atoms with Crippen LogP contribution in [0, 0.1) is 0 Å². The van der Waals surface area contributed by atoms with Crippen LogP contribution in [0.3, 0.4) is 0 Å². The Kier molecular flexibility index (Phi) is 15.8. The molecule has 3 amide bonds. The maximum absolute atomic E-state index is 12.4. The number of aliphatic carboxylic acids is 1. The number of hydrogen-bond acceptors (Lipinski definition) is 6. The van der Waals surface area contributed by atoms with Gasteiger partial charge in [0.1, 0.15) is 17.7 Å². The minimum atomic E-state index is -1.03. The van der Waals surface area contributed by atoms with Gasteiger partial charge in [0.25, 0.3) is 0 Å². The number of alkyl carbamates (subject to hydrolysis) is 2. The van der Waals surface area contributed by atoms with Gasteiger partial charge in [0.05, 0.1) is 0 Å². The standard InChI is InChI=1S/C25H47N3O7/c1-24(2,3)34-22(32)26-16-12-9-7-8-10-14-18-28(19-21(30)31)20(29)15-11-13-17-27-23(33)35-25(4,5)6/h7-19H2,1-6H3,(H,26,32)(H,27,33)(H,30,31). The summed E-state index contributed by atoms with van der Waals surface area (Å²) in [6.07, 6.45) is 6.00. The lowest BCUT2D eigenvalue weighted by Crippen LogP contribution is -2.36. The number of carbonyl (C=O) groups excluding carboxylic acids is 3. The lowest BCUT2D eigenvalue weighted by atomic mass is 10.1. The molecule has 0 saturated carbocycles. The fraction of sp³-hybridized carbons (Fsp3) is 0.840. The number of amides is 3. The van der Waals surface area contributed by atoms with Gasteiger partial charge in [-0.15, -0.1) is 0 Å². The second kappa shape index (κ2) is 17.0. The van der Waals surface area contributed by atoms with Gasteiger partial charge in [-0.3, -0.25) is 9.59 Å². The Labute approximate surface area is 210 Å². The molecule has 0 aromatic rings. The van der Waals surface area contributed by atoms with Crippen LogP contribution in [0.2, 0.25) is 0 Å². The number of hydrogen-bond donors (Lipinski definition) is 3. The maximum atomic E-state index is 12.4. The Morgan fingerprint density at radius 2 is 1.11 bits per heavy atom. The van der Waals surface area contributed by atoms with E-state index in [1.54, 1.807) is 20.8 Å². The van der Waals surface area contributed by atoms with Crippen molar-refractivity contribution in [2.24, 2.45) is 0 Å². The van der Waals surface area contributed by atoms with Crippen LogP contribution < -0.4 is 10.6 Å². The van der Waals surface area contributed by atoms with Crippen LogP contribution >= 0.6 is 0 Å². The van der Waals surface area contributed by atoms with Crippen LogP contribution in [0.25, 0.3) is 0 Å². The monoisotopic (exact) mass is 501 g/mol. The molecule has 10 heteroatoms. The van der Waals surface area contributed by atoms with Crippen LogP contribution in [-0.4, -0.2) is 71.5 Å². The third kappa shape index (κ3) is 21.7. The van der Waals surface area contributed by atoms with Gasteiger partial charge in [-0.25, -0.2) is 9.59 Å². The molecule has 0 aliphatic carbocycles. The SMILES string of the molecule is CC(C)(C)OC(=O)NCCCCCCCCN(CC(=O)O)C(=O)CCCCNC(=O)OC(C)(C)C. The molecule has 204 valence electrons. The van der Waals surface area contributed by atoms with E-state index in [9.17, 15) is 19.2 Å². The van der Waals surface area contributed by atoms with E-state index in [0.29, 0.717) is 32.5 Å². The number of rotatable bonds is 16. The van der Waals surface area contributed by atoms with E-state index in [1.807, 2.05) is 20.8 Å². The molecule has 0 aliphatic rings. The fourth-order valence-electron chi connectivity index (χ4n) is 3.16. The minimum absolute atomic E-state index is 0.183. The zero-order valence-electron chi connectivity index (χ0n) is 22.5. The molecule has 0 aliphatic heterocycles. The molecular formula is C25H47N3O7. The average molecular weight is 502 g/mol. The lowest BCUT2D eigenvalue weighted by Gasteiger charge is -2.21. The van der Waals surface area contributed by atoms with Gasteiger partial charge in [-0.2, -0.15) is 0 Å². The highest BCUT2D eigenvalue weighted by molar-refractivity contribution is 5.81. The van der Waals surface area contributed by atoms with Crippen LogP contribution in [-0.2, 0) is 19.1 Å². The molecule has 0 bridgehead atoms. The van der Waals surface area contributed by atoms with E-state index < -0.39 is 29.4 Å². The van der Waals surface area contributed by atoms with E-state index in [4.69, 9.17) is 14.6 Å². The van der Waals surface area contributed by atoms with Gasteiger partial charge in [-0.05, 0) is 67.2 Å². The van der Waals surface area contributed by atoms with Crippen LogP contribution in [0.1, 0.15) is 99.3 Å². The Hall–Kier alpha value is -2.52. The van der Waals surface area contributed by atoms with E-state index in [1.165, 1.54) is 4.90 Å². The summed E-state index contributed by atoms with van der Waals surface area (Å²) in [5.41, 5.74) is -1.06. The summed E-state index contributed by atoms with van der Waals surface area (Å²) in [6.45, 7) is 11.9. The molecule has 0 radical (unpaired) electrons. The van der Waals surface area contributed by atoms with Crippen molar-refractivity contribution in [1.82, 2.24) is 15.5 Å². The van der Waals surface area contributed by atoms with E-state index in [-0.39, 0.29) is 18.9 Å². The van der Waals surface area contributed by atoms with Crippen molar-refractivity contribution < 1.29 is 33.8 Å². The molecule has 35 heavy (non-hydrogen) atoms. The van der Waals surface area contributed by atoms with Gasteiger partial charge in [0, 0.05) is 26.1 Å².